The predicted octanol–water partition coefficient (Wildman–Crippen LogP) is 4.35. The zero-order valence-electron chi connectivity index (χ0n) is 11.5. The van der Waals surface area contributed by atoms with Crippen molar-refractivity contribution < 1.29 is 9.90 Å². The number of aromatic nitrogens is 1. The Bertz CT molecular complexity index is 836. The highest BCUT2D eigenvalue weighted by atomic mass is 35.5. The van der Waals surface area contributed by atoms with Crippen molar-refractivity contribution in [3.05, 3.63) is 70.4 Å². The number of aryl methyl sites for hydroxylation is 1. The SMILES string of the molecule is Cc1cc2ccccc2n1Cc1ccc(C(=O)O)cc1Cl. The molecule has 0 atom stereocenters. The van der Waals surface area contributed by atoms with Crippen LogP contribution in [0.5, 0.6) is 0 Å². The quantitative estimate of drug-likeness (QED) is 0.781. The first-order valence-electron chi connectivity index (χ1n) is 6.63. The first-order chi connectivity index (χ1) is 10.1. The molecule has 0 aliphatic heterocycles. The van der Waals surface area contributed by atoms with Gasteiger partial charge in [0, 0.05) is 22.8 Å². The Morgan fingerprint density at radius 3 is 2.67 bits per heavy atom. The lowest BCUT2D eigenvalue weighted by atomic mass is 10.1. The van der Waals surface area contributed by atoms with Crippen LogP contribution in [-0.2, 0) is 6.54 Å². The van der Waals surface area contributed by atoms with E-state index in [1.807, 2.05) is 12.1 Å². The van der Waals surface area contributed by atoms with Gasteiger partial charge in [-0.05, 0) is 42.1 Å². The van der Waals surface area contributed by atoms with Crippen LogP contribution in [0.4, 0.5) is 0 Å². The number of hydrogen-bond donors (Lipinski definition) is 1. The second-order valence-electron chi connectivity index (χ2n) is 5.04. The lowest BCUT2D eigenvalue weighted by Gasteiger charge is -2.10. The number of fused-ring (bicyclic) bond motifs is 1. The summed E-state index contributed by atoms with van der Waals surface area (Å²) >= 11 is 6.22. The fourth-order valence-electron chi connectivity index (χ4n) is 2.54. The topological polar surface area (TPSA) is 42.2 Å². The molecule has 2 aromatic carbocycles. The van der Waals surface area contributed by atoms with Gasteiger partial charge in [0.1, 0.15) is 0 Å². The van der Waals surface area contributed by atoms with E-state index >= 15 is 0 Å². The molecular weight excluding hydrogens is 286 g/mol. The molecule has 3 rings (SSSR count). The number of benzene rings is 2. The van der Waals surface area contributed by atoms with Gasteiger partial charge in [0.05, 0.1) is 5.56 Å². The number of carbonyl (C=O) groups is 1. The van der Waals surface area contributed by atoms with Crippen molar-refractivity contribution >= 4 is 28.5 Å². The molecule has 0 radical (unpaired) electrons. The highest BCUT2D eigenvalue weighted by molar-refractivity contribution is 6.31. The molecule has 1 N–H and O–H groups in total. The number of para-hydroxylation sites is 1. The van der Waals surface area contributed by atoms with Crippen molar-refractivity contribution in [2.75, 3.05) is 0 Å². The average molecular weight is 300 g/mol. The van der Waals surface area contributed by atoms with Crippen molar-refractivity contribution in [1.82, 2.24) is 4.57 Å². The Labute approximate surface area is 127 Å². The van der Waals surface area contributed by atoms with Crippen LogP contribution < -0.4 is 0 Å². The fourth-order valence-corrected chi connectivity index (χ4v) is 2.78. The van der Waals surface area contributed by atoms with Crippen LogP contribution in [0.25, 0.3) is 10.9 Å². The third-order valence-electron chi connectivity index (χ3n) is 3.65. The van der Waals surface area contributed by atoms with Gasteiger partial charge in [-0.15, -0.1) is 0 Å². The first-order valence-corrected chi connectivity index (χ1v) is 7.00. The largest absolute Gasteiger partial charge is 0.478 e. The Hall–Kier alpha value is -2.26. The molecular formula is C17H14ClNO2. The number of aromatic carboxylic acids is 1. The van der Waals surface area contributed by atoms with Crippen LogP contribution in [0.2, 0.25) is 5.02 Å². The number of nitrogens with zero attached hydrogens (tertiary/aromatic N) is 1. The third kappa shape index (κ3) is 2.52. The maximum absolute atomic E-state index is 10.9. The summed E-state index contributed by atoms with van der Waals surface area (Å²) in [6.07, 6.45) is 0. The van der Waals surface area contributed by atoms with Gasteiger partial charge in [0.25, 0.3) is 0 Å². The van der Waals surface area contributed by atoms with Crippen LogP contribution in [0.3, 0.4) is 0 Å². The molecule has 1 heterocycles. The van der Waals surface area contributed by atoms with Crippen molar-refractivity contribution in [2.24, 2.45) is 0 Å². The summed E-state index contributed by atoms with van der Waals surface area (Å²) in [5, 5.41) is 10.6. The molecule has 4 heteroatoms. The van der Waals surface area contributed by atoms with Gasteiger partial charge in [0.15, 0.2) is 0 Å². The van der Waals surface area contributed by atoms with E-state index in [0.717, 1.165) is 16.8 Å². The van der Waals surface area contributed by atoms with E-state index in [0.29, 0.717) is 11.6 Å². The minimum absolute atomic E-state index is 0.206. The smallest absolute Gasteiger partial charge is 0.335 e. The van der Waals surface area contributed by atoms with Crippen molar-refractivity contribution in [2.45, 2.75) is 13.5 Å². The van der Waals surface area contributed by atoms with E-state index in [2.05, 4.69) is 29.7 Å². The average Bonchev–Trinajstić information content (AvgIpc) is 2.77. The summed E-state index contributed by atoms with van der Waals surface area (Å²) in [7, 11) is 0. The fraction of sp³-hybridized carbons (Fsp3) is 0.118. The molecule has 106 valence electrons. The summed E-state index contributed by atoms with van der Waals surface area (Å²) < 4.78 is 2.18. The molecule has 21 heavy (non-hydrogen) atoms. The molecule has 1 aromatic heterocycles. The van der Waals surface area contributed by atoms with E-state index in [1.54, 1.807) is 12.1 Å². The van der Waals surface area contributed by atoms with Gasteiger partial charge in [-0.1, -0.05) is 35.9 Å². The van der Waals surface area contributed by atoms with Crippen LogP contribution in [-0.4, -0.2) is 15.6 Å². The Balaban J connectivity index is 2.03. The first kappa shape index (κ1) is 13.7. The van der Waals surface area contributed by atoms with E-state index < -0.39 is 5.97 Å². The van der Waals surface area contributed by atoms with Gasteiger partial charge in [0.2, 0.25) is 0 Å². The second-order valence-corrected chi connectivity index (χ2v) is 5.45. The van der Waals surface area contributed by atoms with Crippen LogP contribution >= 0.6 is 11.6 Å². The van der Waals surface area contributed by atoms with Gasteiger partial charge in [-0.25, -0.2) is 4.79 Å². The molecule has 0 fully saturated rings. The number of rotatable bonds is 3. The summed E-state index contributed by atoms with van der Waals surface area (Å²) in [5.74, 6) is -0.967. The zero-order valence-corrected chi connectivity index (χ0v) is 12.3. The van der Waals surface area contributed by atoms with Crippen LogP contribution in [0.1, 0.15) is 21.6 Å². The molecule has 3 aromatic rings. The Morgan fingerprint density at radius 2 is 1.95 bits per heavy atom. The summed E-state index contributed by atoms with van der Waals surface area (Å²) in [6.45, 7) is 2.68. The maximum atomic E-state index is 10.9. The molecule has 0 amide bonds. The van der Waals surface area contributed by atoms with Crippen molar-refractivity contribution in [3.8, 4) is 0 Å². The molecule has 3 nitrogen and oxygen atoms in total. The van der Waals surface area contributed by atoms with E-state index in [4.69, 9.17) is 16.7 Å². The van der Waals surface area contributed by atoms with Crippen molar-refractivity contribution in [1.29, 1.82) is 0 Å². The van der Waals surface area contributed by atoms with E-state index in [9.17, 15) is 4.79 Å². The summed E-state index contributed by atoms with van der Waals surface area (Å²) in [6, 6.07) is 15.2. The van der Waals surface area contributed by atoms with E-state index in [1.165, 1.54) is 11.5 Å². The number of hydrogen-bond acceptors (Lipinski definition) is 1. The number of carboxylic acid groups (broad SMARTS) is 1. The molecule has 0 aliphatic carbocycles. The van der Waals surface area contributed by atoms with Crippen molar-refractivity contribution in [3.63, 3.8) is 0 Å². The van der Waals surface area contributed by atoms with Gasteiger partial charge in [-0.2, -0.15) is 0 Å². The zero-order chi connectivity index (χ0) is 15.0. The maximum Gasteiger partial charge on any atom is 0.335 e. The number of halogens is 1. The minimum Gasteiger partial charge on any atom is -0.478 e. The second kappa shape index (κ2) is 5.26. The van der Waals surface area contributed by atoms with Crippen LogP contribution in [0, 0.1) is 6.92 Å². The number of carboxylic acids is 1. The highest BCUT2D eigenvalue weighted by Gasteiger charge is 2.10. The molecule has 0 spiro atoms. The monoisotopic (exact) mass is 299 g/mol. The Morgan fingerprint density at radius 1 is 1.19 bits per heavy atom. The van der Waals surface area contributed by atoms with Crippen LogP contribution in [0.15, 0.2) is 48.5 Å². The van der Waals surface area contributed by atoms with Gasteiger partial charge >= 0.3 is 5.97 Å². The summed E-state index contributed by atoms with van der Waals surface area (Å²) in [4.78, 5) is 10.9. The molecule has 0 saturated heterocycles. The molecule has 0 saturated carbocycles. The highest BCUT2D eigenvalue weighted by Crippen LogP contribution is 2.24. The third-order valence-corrected chi connectivity index (χ3v) is 4.00. The molecule has 0 unspecified atom stereocenters. The molecule has 0 bridgehead atoms. The van der Waals surface area contributed by atoms with E-state index in [-0.39, 0.29) is 5.56 Å². The standard InChI is InChI=1S/C17H14ClNO2/c1-11-8-12-4-2-3-5-16(12)19(11)10-14-7-6-13(17(20)21)9-15(14)18/h2-9H,10H2,1H3,(H,20,21). The minimum atomic E-state index is -0.967. The molecule has 0 aliphatic rings. The van der Waals surface area contributed by atoms with Gasteiger partial charge in [-0.3, -0.25) is 0 Å². The lowest BCUT2D eigenvalue weighted by Crippen LogP contribution is -2.03. The Kier molecular flexibility index (Phi) is 3.43. The lowest BCUT2D eigenvalue weighted by molar-refractivity contribution is 0.0697. The summed E-state index contributed by atoms with van der Waals surface area (Å²) in [5.41, 5.74) is 3.41. The van der Waals surface area contributed by atoms with Gasteiger partial charge < -0.3 is 9.67 Å². The normalized spacial score (nSPS) is 11.0. The predicted molar refractivity (Wildman–Crippen MR) is 84.2 cm³/mol.